The summed E-state index contributed by atoms with van der Waals surface area (Å²) in [5.41, 5.74) is 0. The van der Waals surface area contributed by atoms with E-state index >= 15 is 0 Å². The average Bonchev–Trinajstić information content (AvgIpc) is 2.02. The maximum atomic E-state index is 10.4. The largest absolute Gasteiger partial charge is 1.00 e. The van der Waals surface area contributed by atoms with Crippen molar-refractivity contribution in [2.45, 2.75) is 12.5 Å². The molecule has 0 aliphatic rings. The molecule has 0 aliphatic carbocycles. The van der Waals surface area contributed by atoms with Crippen molar-refractivity contribution in [1.29, 1.82) is 0 Å². The molecule has 7 nitrogen and oxygen atoms in total. The summed E-state index contributed by atoms with van der Waals surface area (Å²) in [5, 5.41) is 30.8. The number of aliphatic carboxylic acids is 3. The summed E-state index contributed by atoms with van der Waals surface area (Å²) in [4.78, 5) is 30.8. The first-order valence-electron chi connectivity index (χ1n) is 3.54. The van der Waals surface area contributed by atoms with Crippen LogP contribution in [0.4, 0.5) is 0 Å². The van der Waals surface area contributed by atoms with Crippen LogP contribution in [-0.4, -0.2) is 31.1 Å². The van der Waals surface area contributed by atoms with Gasteiger partial charge in [0.2, 0.25) is 0 Å². The van der Waals surface area contributed by atoms with Gasteiger partial charge < -0.3 is 34.4 Å². The third-order valence-electron chi connectivity index (χ3n) is 1.54. The first kappa shape index (κ1) is 26.8. The van der Waals surface area contributed by atoms with Crippen LogP contribution in [0.5, 0.6) is 0 Å². The molecule has 0 radical (unpaired) electrons. The molecule has 10 heteroatoms. The van der Waals surface area contributed by atoms with Gasteiger partial charge in [-0.2, -0.15) is 0 Å². The fraction of sp³-hybridized carbons (Fsp3) is 0.571. The molecule has 0 spiro atoms. The SMILES string of the molecule is COC(C(=O)[O-])C(CC(=O)[O-])C(=O)[O-].[Na+].[Na+].[Na+]. The van der Waals surface area contributed by atoms with Crippen LogP contribution in [0.25, 0.3) is 0 Å². The van der Waals surface area contributed by atoms with E-state index in [9.17, 15) is 29.7 Å². The third-order valence-corrected chi connectivity index (χ3v) is 1.54. The maximum absolute atomic E-state index is 10.4. The number of carboxylic acids is 3. The Morgan fingerprint density at radius 1 is 1.00 bits per heavy atom. The molecule has 2 unspecified atom stereocenters. The van der Waals surface area contributed by atoms with Crippen LogP contribution in [0.1, 0.15) is 6.42 Å². The van der Waals surface area contributed by atoms with Crippen molar-refractivity contribution in [2.75, 3.05) is 7.11 Å². The van der Waals surface area contributed by atoms with Crippen molar-refractivity contribution >= 4 is 17.9 Å². The molecule has 0 heterocycles. The second-order valence-electron chi connectivity index (χ2n) is 2.48. The fourth-order valence-corrected chi connectivity index (χ4v) is 0.918. The third kappa shape index (κ3) is 10.9. The van der Waals surface area contributed by atoms with Gasteiger partial charge in [-0.15, -0.1) is 0 Å². The first-order chi connectivity index (χ1) is 6.40. The minimum absolute atomic E-state index is 0. The van der Waals surface area contributed by atoms with E-state index in [1.54, 1.807) is 0 Å². The number of rotatable bonds is 6. The Bertz CT molecular complexity index is 258. The molecular weight excluding hydrogens is 265 g/mol. The summed E-state index contributed by atoms with van der Waals surface area (Å²) < 4.78 is 4.26. The summed E-state index contributed by atoms with van der Waals surface area (Å²) in [5.74, 6) is -7.19. The quantitative estimate of drug-likeness (QED) is 0.439. The molecule has 0 saturated carbocycles. The van der Waals surface area contributed by atoms with Crippen molar-refractivity contribution in [1.82, 2.24) is 0 Å². The molecule has 0 bridgehead atoms. The van der Waals surface area contributed by atoms with Gasteiger partial charge in [-0.25, -0.2) is 0 Å². The number of methoxy groups -OCH3 is 1. The number of hydrogen-bond acceptors (Lipinski definition) is 7. The Balaban J connectivity index is -0.000000282. The molecule has 0 fully saturated rings. The maximum Gasteiger partial charge on any atom is 1.00 e. The second kappa shape index (κ2) is 13.8. The normalized spacial score (nSPS) is 11.8. The summed E-state index contributed by atoms with van der Waals surface area (Å²) >= 11 is 0. The topological polar surface area (TPSA) is 130 Å². The zero-order valence-corrected chi connectivity index (χ0v) is 16.2. The van der Waals surface area contributed by atoms with Crippen molar-refractivity contribution in [2.24, 2.45) is 5.92 Å². The van der Waals surface area contributed by atoms with E-state index in [-0.39, 0.29) is 88.7 Å². The Kier molecular flexibility index (Phi) is 21.8. The predicted molar refractivity (Wildman–Crippen MR) is 33.9 cm³/mol. The first-order valence-corrected chi connectivity index (χ1v) is 3.54. The second-order valence-corrected chi connectivity index (χ2v) is 2.48. The van der Waals surface area contributed by atoms with Gasteiger partial charge in [0.15, 0.2) is 0 Å². The van der Waals surface area contributed by atoms with Gasteiger partial charge in [0.1, 0.15) is 6.10 Å². The van der Waals surface area contributed by atoms with Crippen LogP contribution in [0, 0.1) is 5.92 Å². The van der Waals surface area contributed by atoms with Crippen molar-refractivity contribution in [3.63, 3.8) is 0 Å². The Labute approximate surface area is 164 Å². The van der Waals surface area contributed by atoms with E-state index in [1.165, 1.54) is 0 Å². The van der Waals surface area contributed by atoms with Crippen molar-refractivity contribution in [3.05, 3.63) is 0 Å². The van der Waals surface area contributed by atoms with E-state index in [1.807, 2.05) is 0 Å². The average molecular weight is 272 g/mol. The molecule has 0 rings (SSSR count). The molecule has 0 N–H and O–H groups in total. The molecule has 0 aromatic rings. The molecule has 17 heavy (non-hydrogen) atoms. The van der Waals surface area contributed by atoms with Crippen molar-refractivity contribution < 1.29 is 123 Å². The summed E-state index contributed by atoms with van der Waals surface area (Å²) in [7, 11) is 0.922. The van der Waals surface area contributed by atoms with Crippen LogP contribution in [0.2, 0.25) is 0 Å². The molecule has 0 aliphatic heterocycles. The Morgan fingerprint density at radius 3 is 1.59 bits per heavy atom. The predicted octanol–water partition coefficient (Wildman–Crippen LogP) is -13.7. The van der Waals surface area contributed by atoms with Gasteiger partial charge in [-0.05, 0) is 6.42 Å². The number of hydrogen-bond donors (Lipinski definition) is 0. The van der Waals surface area contributed by atoms with Crippen LogP contribution in [-0.2, 0) is 19.1 Å². The summed E-state index contributed by atoms with van der Waals surface area (Å²) in [6.45, 7) is 0. The number of ether oxygens (including phenoxy) is 1. The van der Waals surface area contributed by atoms with Crippen molar-refractivity contribution in [3.8, 4) is 0 Å². The van der Waals surface area contributed by atoms with Crippen LogP contribution < -0.4 is 104 Å². The molecule has 0 aromatic carbocycles. The smallest absolute Gasteiger partial charge is 0.550 e. The van der Waals surface area contributed by atoms with Gasteiger partial charge >= 0.3 is 88.7 Å². The zero-order chi connectivity index (χ0) is 11.3. The molecule has 80 valence electrons. The van der Waals surface area contributed by atoms with Gasteiger partial charge in [0, 0.05) is 25.0 Å². The summed E-state index contributed by atoms with van der Waals surface area (Å²) in [6, 6.07) is 0. The van der Waals surface area contributed by atoms with E-state index < -0.39 is 36.4 Å². The van der Waals surface area contributed by atoms with E-state index in [2.05, 4.69) is 4.74 Å². The van der Waals surface area contributed by atoms with Crippen LogP contribution >= 0.6 is 0 Å². The number of carbonyl (C=O) groups excluding carboxylic acids is 3. The molecule has 0 saturated heterocycles. The molecule has 2 atom stereocenters. The number of carboxylic acid groups (broad SMARTS) is 3. The molecule has 0 amide bonds. The minimum atomic E-state index is -1.86. The van der Waals surface area contributed by atoms with Gasteiger partial charge in [-0.3, -0.25) is 0 Å². The molecule has 0 aromatic heterocycles. The van der Waals surface area contributed by atoms with Gasteiger partial charge in [0.25, 0.3) is 0 Å². The van der Waals surface area contributed by atoms with Crippen LogP contribution in [0.3, 0.4) is 0 Å². The van der Waals surface area contributed by atoms with E-state index in [4.69, 9.17) is 0 Å². The van der Waals surface area contributed by atoms with Crippen LogP contribution in [0.15, 0.2) is 0 Å². The zero-order valence-electron chi connectivity index (χ0n) is 10.2. The van der Waals surface area contributed by atoms with E-state index in [0.29, 0.717) is 0 Å². The van der Waals surface area contributed by atoms with Gasteiger partial charge in [0.05, 0.1) is 5.97 Å². The monoisotopic (exact) mass is 272 g/mol. The Hall–Kier alpha value is 1.37. The standard InChI is InChI=1S/C7H10O7.3Na/c1-14-5(7(12)13)3(6(10)11)2-4(8)9;;;/h3,5H,2H2,1H3,(H,8,9)(H,10,11)(H,12,13);;;/q;3*+1/p-3. The minimum Gasteiger partial charge on any atom is -0.550 e. The molecular formula is C7H7Na3O7. The number of carbonyl (C=O) groups is 3. The Morgan fingerprint density at radius 2 is 1.41 bits per heavy atom. The van der Waals surface area contributed by atoms with Gasteiger partial charge in [-0.1, -0.05) is 0 Å². The fourth-order valence-electron chi connectivity index (χ4n) is 0.918. The van der Waals surface area contributed by atoms with E-state index in [0.717, 1.165) is 7.11 Å². The summed E-state index contributed by atoms with van der Waals surface area (Å²) in [6.07, 6.45) is -2.87.